The molecule has 0 aromatic carbocycles. The van der Waals surface area contributed by atoms with Gasteiger partial charge in [0.2, 0.25) is 0 Å². The normalized spacial score (nSPS) is 35.9. The van der Waals surface area contributed by atoms with E-state index in [-0.39, 0.29) is 6.10 Å². The molecular formula is C11H19N4O. The Morgan fingerprint density at radius 2 is 2.19 bits per heavy atom. The summed E-state index contributed by atoms with van der Waals surface area (Å²) >= 11 is 0. The average Bonchev–Trinajstić information content (AvgIpc) is 2.27. The zero-order valence-corrected chi connectivity index (χ0v) is 9.97. The molecule has 0 bridgehead atoms. The molecule has 0 spiro atoms. The van der Waals surface area contributed by atoms with E-state index < -0.39 is 0 Å². The summed E-state index contributed by atoms with van der Waals surface area (Å²) < 4.78 is 5.67. The Kier molecular flexibility index (Phi) is 3.16. The molecule has 0 saturated carbocycles. The predicted molar refractivity (Wildman–Crippen MR) is 63.3 cm³/mol. The second-order valence-electron chi connectivity index (χ2n) is 4.41. The van der Waals surface area contributed by atoms with Crippen LogP contribution < -0.4 is 11.2 Å². The van der Waals surface area contributed by atoms with Gasteiger partial charge in [-0.25, -0.2) is 0 Å². The Bertz CT molecular complexity index is 315. The quantitative estimate of drug-likeness (QED) is 0.624. The van der Waals surface area contributed by atoms with Gasteiger partial charge in [0.25, 0.3) is 0 Å². The van der Waals surface area contributed by atoms with Crippen molar-refractivity contribution in [3.63, 3.8) is 0 Å². The van der Waals surface area contributed by atoms with Crippen LogP contribution in [0.3, 0.4) is 0 Å². The average molecular weight is 223 g/mol. The third-order valence-electron chi connectivity index (χ3n) is 3.17. The molecule has 2 aliphatic rings. The summed E-state index contributed by atoms with van der Waals surface area (Å²) in [6.07, 6.45) is 4.57. The van der Waals surface area contributed by atoms with E-state index in [0.717, 1.165) is 12.4 Å². The number of rotatable bonds is 0. The summed E-state index contributed by atoms with van der Waals surface area (Å²) in [7, 11) is 0. The molecule has 0 amide bonds. The largest absolute Gasteiger partial charge is 0.374 e. The molecule has 3 unspecified atom stereocenters. The van der Waals surface area contributed by atoms with E-state index in [2.05, 4.69) is 36.2 Å². The molecule has 2 heterocycles. The molecule has 3 N–H and O–H groups in total. The second-order valence-corrected chi connectivity index (χ2v) is 4.41. The van der Waals surface area contributed by atoms with Crippen molar-refractivity contribution in [3.05, 3.63) is 18.3 Å². The Morgan fingerprint density at radius 1 is 1.44 bits per heavy atom. The van der Waals surface area contributed by atoms with Gasteiger partial charge in [-0.3, -0.25) is 5.43 Å². The van der Waals surface area contributed by atoms with Crippen molar-refractivity contribution in [2.45, 2.75) is 39.0 Å². The molecule has 2 rings (SSSR count). The van der Waals surface area contributed by atoms with Gasteiger partial charge in [0, 0.05) is 0 Å². The highest BCUT2D eigenvalue weighted by molar-refractivity contribution is 5.94. The first-order chi connectivity index (χ1) is 7.59. The van der Waals surface area contributed by atoms with Gasteiger partial charge >= 0.3 is 0 Å². The fourth-order valence-electron chi connectivity index (χ4n) is 2.08. The number of morpholine rings is 1. The van der Waals surface area contributed by atoms with E-state index in [4.69, 9.17) is 10.5 Å². The van der Waals surface area contributed by atoms with Gasteiger partial charge in [0.05, 0.1) is 24.8 Å². The third-order valence-corrected chi connectivity index (χ3v) is 3.17. The SMILES string of the molecule is CC1OCC(C)N(C2=NN[C](N)C=C2)C1C. The minimum Gasteiger partial charge on any atom is -0.374 e. The van der Waals surface area contributed by atoms with Crippen LogP contribution in [0.5, 0.6) is 0 Å². The maximum absolute atomic E-state index is 5.67. The Morgan fingerprint density at radius 3 is 2.81 bits per heavy atom. The lowest BCUT2D eigenvalue weighted by molar-refractivity contribution is -0.0556. The van der Waals surface area contributed by atoms with Gasteiger partial charge in [-0.05, 0) is 32.9 Å². The molecular weight excluding hydrogens is 204 g/mol. The van der Waals surface area contributed by atoms with Gasteiger partial charge in [0.1, 0.15) is 5.84 Å². The fourth-order valence-corrected chi connectivity index (χ4v) is 2.08. The summed E-state index contributed by atoms with van der Waals surface area (Å²) in [5.41, 5.74) is 8.39. The maximum atomic E-state index is 5.67. The van der Waals surface area contributed by atoms with Crippen LogP contribution in [0.25, 0.3) is 0 Å². The standard InChI is InChI=1S/C11H19N4O/c1-7-6-16-9(3)8(2)15(7)11-5-4-10(12)13-14-11/h4-5,7-9,13H,6,12H2,1-3H3. The Labute approximate surface area is 96.3 Å². The lowest BCUT2D eigenvalue weighted by atomic mass is 10.1. The number of amidine groups is 1. The van der Waals surface area contributed by atoms with Crippen molar-refractivity contribution in [2.75, 3.05) is 6.61 Å². The summed E-state index contributed by atoms with van der Waals surface area (Å²) in [6, 6.07) is 0.643. The second kappa shape index (κ2) is 4.43. The lowest BCUT2D eigenvalue weighted by Gasteiger charge is -2.44. The molecule has 5 nitrogen and oxygen atoms in total. The van der Waals surface area contributed by atoms with Crippen LogP contribution >= 0.6 is 0 Å². The monoisotopic (exact) mass is 223 g/mol. The highest BCUT2D eigenvalue weighted by Gasteiger charge is 2.32. The molecule has 0 aromatic rings. The molecule has 0 aromatic heterocycles. The number of hydrazone groups is 1. The minimum absolute atomic E-state index is 0.218. The first kappa shape index (κ1) is 11.4. The molecule has 2 aliphatic heterocycles. The topological polar surface area (TPSA) is 62.9 Å². The zero-order valence-electron chi connectivity index (χ0n) is 9.97. The molecule has 16 heavy (non-hydrogen) atoms. The summed E-state index contributed by atoms with van der Waals surface area (Å²) in [5.74, 6) is 0.921. The molecule has 1 saturated heterocycles. The van der Waals surface area contributed by atoms with Crippen LogP contribution in [-0.4, -0.2) is 35.5 Å². The van der Waals surface area contributed by atoms with Crippen LogP contribution in [0.1, 0.15) is 20.8 Å². The number of nitrogens with zero attached hydrogens (tertiary/aromatic N) is 2. The van der Waals surface area contributed by atoms with E-state index in [1.54, 1.807) is 0 Å². The molecule has 3 atom stereocenters. The van der Waals surface area contributed by atoms with E-state index >= 15 is 0 Å². The fraction of sp³-hybridized carbons (Fsp3) is 0.636. The number of hydrogen-bond donors (Lipinski definition) is 2. The van der Waals surface area contributed by atoms with Gasteiger partial charge in [0.15, 0.2) is 6.17 Å². The molecule has 1 fully saturated rings. The van der Waals surface area contributed by atoms with E-state index in [9.17, 15) is 0 Å². The van der Waals surface area contributed by atoms with Gasteiger partial charge in [-0.2, -0.15) is 5.10 Å². The first-order valence-electron chi connectivity index (χ1n) is 5.63. The van der Waals surface area contributed by atoms with Crippen molar-refractivity contribution in [2.24, 2.45) is 10.8 Å². The van der Waals surface area contributed by atoms with E-state index in [1.807, 2.05) is 12.2 Å². The third kappa shape index (κ3) is 2.05. The van der Waals surface area contributed by atoms with E-state index in [0.29, 0.717) is 18.2 Å². The number of ether oxygens (including phenoxy) is 1. The van der Waals surface area contributed by atoms with Gasteiger partial charge < -0.3 is 15.4 Å². The highest BCUT2D eigenvalue weighted by Crippen LogP contribution is 2.20. The Hall–Kier alpha value is -1.07. The molecule has 89 valence electrons. The van der Waals surface area contributed by atoms with Crippen molar-refractivity contribution in [1.29, 1.82) is 0 Å². The highest BCUT2D eigenvalue weighted by atomic mass is 16.5. The van der Waals surface area contributed by atoms with Crippen molar-refractivity contribution >= 4 is 5.84 Å². The van der Waals surface area contributed by atoms with Crippen LogP contribution in [0, 0.1) is 6.17 Å². The number of nitrogens with one attached hydrogen (secondary N) is 1. The van der Waals surface area contributed by atoms with Crippen LogP contribution in [0.2, 0.25) is 0 Å². The summed E-state index contributed by atoms with van der Waals surface area (Å²) in [4.78, 5) is 2.27. The van der Waals surface area contributed by atoms with Crippen molar-refractivity contribution in [3.8, 4) is 0 Å². The summed E-state index contributed by atoms with van der Waals surface area (Å²) in [5, 5.41) is 4.26. The van der Waals surface area contributed by atoms with Crippen LogP contribution in [0.4, 0.5) is 0 Å². The van der Waals surface area contributed by atoms with Crippen LogP contribution in [-0.2, 0) is 4.74 Å². The molecule has 0 aliphatic carbocycles. The summed E-state index contributed by atoms with van der Waals surface area (Å²) in [6.45, 7) is 7.11. The maximum Gasteiger partial charge on any atom is 0.163 e. The minimum atomic E-state index is 0.218. The predicted octanol–water partition coefficient (Wildman–Crippen LogP) is 0.405. The van der Waals surface area contributed by atoms with Gasteiger partial charge in [-0.1, -0.05) is 0 Å². The number of nitrogens with two attached hydrogens (primary N) is 1. The van der Waals surface area contributed by atoms with E-state index in [1.165, 1.54) is 0 Å². The Balaban J connectivity index is 2.15. The molecule has 1 radical (unpaired) electrons. The lowest BCUT2D eigenvalue weighted by Crippen LogP contribution is -2.56. The van der Waals surface area contributed by atoms with Crippen LogP contribution in [0.15, 0.2) is 17.3 Å². The zero-order chi connectivity index (χ0) is 11.7. The first-order valence-corrected chi connectivity index (χ1v) is 5.63. The van der Waals surface area contributed by atoms with Crippen molar-refractivity contribution in [1.82, 2.24) is 10.3 Å². The molecule has 5 heteroatoms. The van der Waals surface area contributed by atoms with Gasteiger partial charge in [-0.15, -0.1) is 0 Å². The number of hydrogen-bond acceptors (Lipinski definition) is 5. The smallest absolute Gasteiger partial charge is 0.163 e. The van der Waals surface area contributed by atoms with Crippen molar-refractivity contribution < 1.29 is 4.74 Å².